The van der Waals surface area contributed by atoms with E-state index in [-0.39, 0.29) is 29.1 Å². The summed E-state index contributed by atoms with van der Waals surface area (Å²) in [6, 6.07) is 29.5. The van der Waals surface area contributed by atoms with Crippen LogP contribution in [0, 0.1) is 0 Å². The van der Waals surface area contributed by atoms with Gasteiger partial charge in [0.15, 0.2) is 0 Å². The van der Waals surface area contributed by atoms with E-state index in [0.717, 1.165) is 4.31 Å². The highest BCUT2D eigenvalue weighted by atomic mass is 35.5. The fraction of sp³-hybridized carbons (Fsp3) is 0.212. The number of nitrogens with zero attached hydrogens (tertiary/aromatic N) is 2. The standard InChI is InChI=1S/C33H34ClN3O5S/c1-24(2)35-33(39)25(3)36(22-26-12-10-11-17-31(26)34)32(38)23-37(43(40,41)30-15-8-5-9-16-30)27-18-20-29(21-19-27)42-28-13-6-4-7-14-28/h4-21,24-25H,22-23H2,1-3H3,(H,35,39)/t25-/m0/s1. The van der Waals surface area contributed by atoms with Gasteiger partial charge in [-0.2, -0.15) is 0 Å². The molecular formula is C33H34ClN3O5S. The molecule has 0 saturated heterocycles. The molecule has 0 unspecified atom stereocenters. The van der Waals surface area contributed by atoms with Gasteiger partial charge < -0.3 is 15.0 Å². The number of ether oxygens (including phenoxy) is 1. The van der Waals surface area contributed by atoms with E-state index in [1.165, 1.54) is 17.0 Å². The van der Waals surface area contributed by atoms with Crippen LogP contribution in [0.1, 0.15) is 26.3 Å². The van der Waals surface area contributed by atoms with Crippen LogP contribution in [-0.2, 0) is 26.2 Å². The topological polar surface area (TPSA) is 96.0 Å². The Hall–Kier alpha value is -4.34. The molecule has 0 heterocycles. The zero-order valence-corrected chi connectivity index (χ0v) is 25.8. The Labute approximate surface area is 257 Å². The van der Waals surface area contributed by atoms with Crippen molar-refractivity contribution < 1.29 is 22.7 Å². The fourth-order valence-corrected chi connectivity index (χ4v) is 5.98. The molecule has 43 heavy (non-hydrogen) atoms. The van der Waals surface area contributed by atoms with E-state index in [2.05, 4.69) is 5.32 Å². The second-order valence-electron chi connectivity index (χ2n) is 10.2. The summed E-state index contributed by atoms with van der Waals surface area (Å²) in [5, 5.41) is 3.26. The second-order valence-corrected chi connectivity index (χ2v) is 12.5. The van der Waals surface area contributed by atoms with Crippen LogP contribution < -0.4 is 14.4 Å². The summed E-state index contributed by atoms with van der Waals surface area (Å²) in [5.41, 5.74) is 0.885. The number of hydrogen-bond donors (Lipinski definition) is 1. The lowest BCUT2D eigenvalue weighted by Gasteiger charge is -2.32. The number of anilines is 1. The third kappa shape index (κ3) is 8.15. The van der Waals surface area contributed by atoms with E-state index in [0.29, 0.717) is 22.1 Å². The van der Waals surface area contributed by atoms with E-state index < -0.39 is 28.5 Å². The Bertz CT molecular complexity index is 1630. The van der Waals surface area contributed by atoms with Crippen molar-refractivity contribution in [1.82, 2.24) is 10.2 Å². The van der Waals surface area contributed by atoms with Crippen molar-refractivity contribution in [1.29, 1.82) is 0 Å². The summed E-state index contributed by atoms with van der Waals surface area (Å²) in [5.74, 6) is 0.187. The maximum absolute atomic E-state index is 14.0. The molecule has 0 radical (unpaired) electrons. The van der Waals surface area contributed by atoms with Gasteiger partial charge in [-0.15, -0.1) is 0 Å². The summed E-state index contributed by atoms with van der Waals surface area (Å²) in [6.07, 6.45) is 0. The first-order valence-electron chi connectivity index (χ1n) is 13.8. The lowest BCUT2D eigenvalue weighted by Crippen LogP contribution is -2.52. The van der Waals surface area contributed by atoms with Gasteiger partial charge in [0.25, 0.3) is 10.0 Å². The number of para-hydroxylation sites is 1. The van der Waals surface area contributed by atoms with Crippen LogP contribution in [0.25, 0.3) is 0 Å². The molecule has 0 aliphatic rings. The van der Waals surface area contributed by atoms with E-state index in [1.807, 2.05) is 44.2 Å². The Morgan fingerprint density at radius 2 is 1.35 bits per heavy atom. The lowest BCUT2D eigenvalue weighted by atomic mass is 10.1. The van der Waals surface area contributed by atoms with E-state index >= 15 is 0 Å². The van der Waals surface area contributed by atoms with Gasteiger partial charge in [0.1, 0.15) is 24.1 Å². The minimum absolute atomic E-state index is 0.00820. The molecule has 1 atom stereocenters. The summed E-state index contributed by atoms with van der Waals surface area (Å²) in [7, 11) is -4.18. The maximum Gasteiger partial charge on any atom is 0.264 e. The molecule has 0 saturated carbocycles. The summed E-state index contributed by atoms with van der Waals surface area (Å²) >= 11 is 6.41. The van der Waals surface area contributed by atoms with Crippen LogP contribution in [0.3, 0.4) is 0 Å². The Kier molecular flexibility index (Phi) is 10.4. The third-order valence-corrected chi connectivity index (χ3v) is 8.77. The van der Waals surface area contributed by atoms with Gasteiger partial charge in [-0.05, 0) is 80.9 Å². The normalized spacial score (nSPS) is 11.9. The molecule has 0 fully saturated rings. The summed E-state index contributed by atoms with van der Waals surface area (Å²) < 4.78 is 34.8. The number of benzene rings is 4. The Morgan fingerprint density at radius 3 is 1.95 bits per heavy atom. The average molecular weight is 620 g/mol. The van der Waals surface area contributed by atoms with Crippen LogP contribution in [-0.4, -0.2) is 43.8 Å². The van der Waals surface area contributed by atoms with Crippen molar-refractivity contribution in [2.45, 2.75) is 44.3 Å². The monoisotopic (exact) mass is 619 g/mol. The molecule has 4 aromatic carbocycles. The highest BCUT2D eigenvalue weighted by Gasteiger charge is 2.33. The SMILES string of the molecule is CC(C)NC(=O)[C@H](C)N(Cc1ccccc1Cl)C(=O)CN(c1ccc(Oc2ccccc2)cc1)S(=O)(=O)c1ccccc1. The number of hydrogen-bond acceptors (Lipinski definition) is 5. The first kappa shape index (κ1) is 31.6. The van der Waals surface area contributed by atoms with Crippen LogP contribution in [0.4, 0.5) is 5.69 Å². The number of halogens is 1. The molecule has 4 rings (SSSR count). The minimum Gasteiger partial charge on any atom is -0.457 e. The number of nitrogens with one attached hydrogen (secondary N) is 1. The van der Waals surface area contributed by atoms with Gasteiger partial charge in [0.05, 0.1) is 10.6 Å². The Morgan fingerprint density at radius 1 is 0.791 bits per heavy atom. The first-order chi connectivity index (χ1) is 20.6. The molecule has 0 aliphatic carbocycles. The van der Waals surface area contributed by atoms with Crippen molar-refractivity contribution in [3.63, 3.8) is 0 Å². The van der Waals surface area contributed by atoms with Crippen molar-refractivity contribution in [3.05, 3.63) is 120 Å². The van der Waals surface area contributed by atoms with E-state index in [9.17, 15) is 18.0 Å². The highest BCUT2D eigenvalue weighted by molar-refractivity contribution is 7.92. The molecule has 224 valence electrons. The Balaban J connectivity index is 1.70. The molecule has 0 aromatic heterocycles. The third-order valence-electron chi connectivity index (χ3n) is 6.61. The second kappa shape index (κ2) is 14.2. The molecule has 4 aromatic rings. The number of carbonyl (C=O) groups excluding carboxylic acids is 2. The molecule has 2 amide bonds. The smallest absolute Gasteiger partial charge is 0.264 e. The van der Waals surface area contributed by atoms with Crippen molar-refractivity contribution in [2.75, 3.05) is 10.8 Å². The van der Waals surface area contributed by atoms with Crippen LogP contribution >= 0.6 is 11.6 Å². The van der Waals surface area contributed by atoms with Gasteiger partial charge in [0.2, 0.25) is 11.8 Å². The summed E-state index contributed by atoms with van der Waals surface area (Å²) in [4.78, 5) is 28.5. The van der Waals surface area contributed by atoms with Gasteiger partial charge in [0, 0.05) is 17.6 Å². The zero-order chi connectivity index (χ0) is 31.0. The quantitative estimate of drug-likeness (QED) is 0.202. The van der Waals surface area contributed by atoms with Crippen molar-refractivity contribution >= 4 is 39.1 Å². The molecule has 0 bridgehead atoms. The van der Waals surface area contributed by atoms with E-state index in [1.54, 1.807) is 73.7 Å². The molecular weight excluding hydrogens is 586 g/mol. The number of rotatable bonds is 12. The van der Waals surface area contributed by atoms with Crippen molar-refractivity contribution in [2.24, 2.45) is 0 Å². The predicted octanol–water partition coefficient (Wildman–Crippen LogP) is 6.27. The number of amides is 2. The summed E-state index contributed by atoms with van der Waals surface area (Å²) in [6.45, 7) is 4.71. The fourth-order valence-electron chi connectivity index (χ4n) is 4.35. The van der Waals surface area contributed by atoms with Crippen LogP contribution in [0.2, 0.25) is 5.02 Å². The zero-order valence-electron chi connectivity index (χ0n) is 24.2. The van der Waals surface area contributed by atoms with Crippen molar-refractivity contribution in [3.8, 4) is 11.5 Å². The van der Waals surface area contributed by atoms with Gasteiger partial charge >= 0.3 is 0 Å². The molecule has 0 aliphatic heterocycles. The minimum atomic E-state index is -4.18. The van der Waals surface area contributed by atoms with Gasteiger partial charge in [-0.1, -0.05) is 66.2 Å². The maximum atomic E-state index is 14.0. The highest BCUT2D eigenvalue weighted by Crippen LogP contribution is 2.29. The molecule has 8 nitrogen and oxygen atoms in total. The molecule has 1 N–H and O–H groups in total. The van der Waals surface area contributed by atoms with Gasteiger partial charge in [-0.3, -0.25) is 13.9 Å². The molecule has 10 heteroatoms. The van der Waals surface area contributed by atoms with Crippen LogP contribution in [0.15, 0.2) is 114 Å². The van der Waals surface area contributed by atoms with E-state index in [4.69, 9.17) is 16.3 Å². The largest absolute Gasteiger partial charge is 0.457 e. The van der Waals surface area contributed by atoms with Crippen LogP contribution in [0.5, 0.6) is 11.5 Å². The number of carbonyl (C=O) groups is 2. The predicted molar refractivity (Wildman–Crippen MR) is 169 cm³/mol. The first-order valence-corrected chi connectivity index (χ1v) is 15.6. The average Bonchev–Trinajstić information content (AvgIpc) is 3.00. The number of sulfonamides is 1. The molecule has 0 spiro atoms. The van der Waals surface area contributed by atoms with Gasteiger partial charge in [-0.25, -0.2) is 8.42 Å². The lowest BCUT2D eigenvalue weighted by molar-refractivity contribution is -0.139.